The third kappa shape index (κ3) is 4.42. The van der Waals surface area contributed by atoms with Gasteiger partial charge in [-0.15, -0.1) is 0 Å². The highest BCUT2D eigenvalue weighted by molar-refractivity contribution is 6.54. The second kappa shape index (κ2) is 11.2. The van der Waals surface area contributed by atoms with Crippen molar-refractivity contribution in [1.82, 2.24) is 0 Å². The van der Waals surface area contributed by atoms with Crippen molar-refractivity contribution in [3.05, 3.63) is 134 Å². The van der Waals surface area contributed by atoms with Crippen LogP contribution in [0.25, 0.3) is 81.0 Å². The fraction of sp³-hybridized carbons (Fsp3) is 0.0930. The first-order chi connectivity index (χ1) is 23.0. The smallest absolute Gasteiger partial charge is 0.160 e. The van der Waals surface area contributed by atoms with E-state index in [0.29, 0.717) is 25.7 Å². The van der Waals surface area contributed by atoms with Gasteiger partial charge in [0.1, 0.15) is 0 Å². The number of ketones is 1. The second-order valence-electron chi connectivity index (χ2n) is 12.8. The van der Waals surface area contributed by atoms with Crippen LogP contribution in [0.15, 0.2) is 91.5 Å². The second-order valence-corrected chi connectivity index (χ2v) is 14.4. The standard InChI is InChI=1S/C25H14Cl4O.C18H14/c1-10(2)13-8-17(28)23-21-15(26)6-4-12-5-7-16(27)22(19(12)21)24-18(29)9-14(11(3)30)20(13)25(23)24;1-11-10-15-7-6-13-4-3-5-14-8-9-16(12(11)2)18(15)17(13)14/h4-9H,1H2,2-3H3;3-10H,1-2H3. The number of benzene rings is 9. The quantitative estimate of drug-likeness (QED) is 0.0996. The maximum atomic E-state index is 12.6. The summed E-state index contributed by atoms with van der Waals surface area (Å²) < 4.78 is 0. The van der Waals surface area contributed by atoms with Crippen molar-refractivity contribution in [3.63, 3.8) is 0 Å². The zero-order valence-corrected chi connectivity index (χ0v) is 29.7. The molecule has 0 amide bonds. The number of Topliss-reactive ketones (excluding diaryl/α,β-unsaturated/α-hetero) is 1. The highest BCUT2D eigenvalue weighted by atomic mass is 35.5. The number of aryl methyl sites for hydroxylation is 2. The van der Waals surface area contributed by atoms with Gasteiger partial charge in [-0.05, 0) is 106 Å². The van der Waals surface area contributed by atoms with Crippen LogP contribution in [-0.4, -0.2) is 5.78 Å². The topological polar surface area (TPSA) is 17.1 Å². The van der Waals surface area contributed by atoms with Crippen LogP contribution in [0.5, 0.6) is 0 Å². The lowest BCUT2D eigenvalue weighted by molar-refractivity contribution is 0.101. The average Bonchev–Trinajstić information content (AvgIpc) is 3.06. The van der Waals surface area contributed by atoms with E-state index in [9.17, 15) is 4.79 Å². The molecule has 9 rings (SSSR count). The van der Waals surface area contributed by atoms with Crippen molar-refractivity contribution in [2.24, 2.45) is 0 Å². The van der Waals surface area contributed by atoms with Crippen LogP contribution < -0.4 is 0 Å². The molecular formula is C43H28Cl4O. The van der Waals surface area contributed by atoms with Crippen LogP contribution in [0.4, 0.5) is 0 Å². The number of allylic oxidation sites excluding steroid dienone is 1. The molecule has 0 saturated heterocycles. The minimum Gasteiger partial charge on any atom is -0.294 e. The molecule has 0 spiro atoms. The molecule has 0 aromatic heterocycles. The predicted molar refractivity (Wildman–Crippen MR) is 212 cm³/mol. The lowest BCUT2D eigenvalue weighted by Gasteiger charge is -2.21. The van der Waals surface area contributed by atoms with Gasteiger partial charge < -0.3 is 0 Å². The highest BCUT2D eigenvalue weighted by Crippen LogP contribution is 2.51. The van der Waals surface area contributed by atoms with E-state index >= 15 is 0 Å². The van der Waals surface area contributed by atoms with Crippen molar-refractivity contribution < 1.29 is 4.79 Å². The molecule has 0 bridgehead atoms. The van der Waals surface area contributed by atoms with Gasteiger partial charge in [0.25, 0.3) is 0 Å². The van der Waals surface area contributed by atoms with Crippen molar-refractivity contribution in [2.75, 3.05) is 0 Å². The summed E-state index contributed by atoms with van der Waals surface area (Å²) in [6.07, 6.45) is 0. The minimum absolute atomic E-state index is 0.0894. The van der Waals surface area contributed by atoms with Gasteiger partial charge in [0.2, 0.25) is 0 Å². The highest BCUT2D eigenvalue weighted by Gasteiger charge is 2.25. The Morgan fingerprint density at radius 1 is 0.500 bits per heavy atom. The lowest BCUT2D eigenvalue weighted by Crippen LogP contribution is -2.00. The molecule has 9 aromatic rings. The molecule has 0 aliphatic heterocycles. The summed E-state index contributed by atoms with van der Waals surface area (Å²) in [6.45, 7) is 11.9. The van der Waals surface area contributed by atoms with Gasteiger partial charge in [0, 0.05) is 63.4 Å². The molecule has 9 aromatic carbocycles. The van der Waals surface area contributed by atoms with Crippen molar-refractivity contribution in [3.8, 4) is 0 Å². The Balaban J connectivity index is 0.000000158. The van der Waals surface area contributed by atoms with Gasteiger partial charge >= 0.3 is 0 Å². The van der Waals surface area contributed by atoms with E-state index in [-0.39, 0.29) is 5.78 Å². The molecule has 0 heterocycles. The van der Waals surface area contributed by atoms with Gasteiger partial charge in [-0.1, -0.05) is 119 Å². The number of halogens is 4. The molecule has 0 unspecified atom stereocenters. The van der Waals surface area contributed by atoms with Crippen LogP contribution in [0.3, 0.4) is 0 Å². The van der Waals surface area contributed by atoms with Crippen LogP contribution in [-0.2, 0) is 0 Å². The maximum Gasteiger partial charge on any atom is 0.160 e. The molecule has 0 fully saturated rings. The molecule has 0 atom stereocenters. The van der Waals surface area contributed by atoms with E-state index in [1.165, 1.54) is 50.4 Å². The summed E-state index contributed by atoms with van der Waals surface area (Å²) in [5.41, 5.74) is 4.91. The molecule has 0 aliphatic rings. The summed E-state index contributed by atoms with van der Waals surface area (Å²) in [6, 6.07) is 29.1. The normalized spacial score (nSPS) is 11.9. The molecule has 0 aliphatic carbocycles. The molecule has 5 heteroatoms. The summed E-state index contributed by atoms with van der Waals surface area (Å²) in [4.78, 5) is 12.6. The number of fused-ring (bicyclic) bond motifs is 2. The fourth-order valence-corrected chi connectivity index (χ4v) is 8.73. The van der Waals surface area contributed by atoms with E-state index in [1.54, 1.807) is 6.07 Å². The Morgan fingerprint density at radius 2 is 1.00 bits per heavy atom. The van der Waals surface area contributed by atoms with E-state index in [1.807, 2.05) is 37.3 Å². The van der Waals surface area contributed by atoms with Crippen LogP contribution in [0, 0.1) is 13.8 Å². The Bertz CT molecular complexity index is 2720. The third-order valence-corrected chi connectivity index (χ3v) is 11.1. The molecule has 0 saturated carbocycles. The van der Waals surface area contributed by atoms with Crippen molar-refractivity contribution in [1.29, 1.82) is 0 Å². The number of hydrogen-bond acceptors (Lipinski definition) is 1. The zero-order chi connectivity index (χ0) is 33.8. The van der Waals surface area contributed by atoms with Gasteiger partial charge in [0.05, 0.1) is 0 Å². The fourth-order valence-electron chi connectivity index (χ4n) is 7.63. The van der Waals surface area contributed by atoms with E-state index in [2.05, 4.69) is 69.0 Å². The summed E-state index contributed by atoms with van der Waals surface area (Å²) in [5, 5.41) is 17.0. The van der Waals surface area contributed by atoms with Gasteiger partial charge in [0.15, 0.2) is 5.78 Å². The van der Waals surface area contributed by atoms with E-state index in [0.717, 1.165) is 54.2 Å². The Morgan fingerprint density at radius 3 is 1.58 bits per heavy atom. The molecule has 48 heavy (non-hydrogen) atoms. The molecule has 0 N–H and O–H groups in total. The van der Waals surface area contributed by atoms with E-state index < -0.39 is 0 Å². The summed E-state index contributed by atoms with van der Waals surface area (Å²) >= 11 is 27.1. The molecular weight excluding hydrogens is 674 g/mol. The monoisotopic (exact) mass is 700 g/mol. The Kier molecular flexibility index (Phi) is 7.29. The molecule has 0 radical (unpaired) electrons. The van der Waals surface area contributed by atoms with Gasteiger partial charge in [-0.3, -0.25) is 4.79 Å². The summed E-state index contributed by atoms with van der Waals surface area (Å²) in [5.74, 6) is -0.0894. The lowest BCUT2D eigenvalue weighted by atomic mass is 9.84. The summed E-state index contributed by atoms with van der Waals surface area (Å²) in [7, 11) is 0. The van der Waals surface area contributed by atoms with Crippen LogP contribution >= 0.6 is 46.4 Å². The van der Waals surface area contributed by atoms with E-state index in [4.69, 9.17) is 46.4 Å². The molecule has 1 nitrogen and oxygen atoms in total. The van der Waals surface area contributed by atoms with Gasteiger partial charge in [-0.2, -0.15) is 0 Å². The zero-order valence-electron chi connectivity index (χ0n) is 26.7. The third-order valence-electron chi connectivity index (χ3n) is 9.91. The largest absolute Gasteiger partial charge is 0.294 e. The van der Waals surface area contributed by atoms with Crippen LogP contribution in [0.2, 0.25) is 20.1 Å². The van der Waals surface area contributed by atoms with Crippen LogP contribution in [0.1, 0.15) is 40.9 Å². The Hall–Kier alpha value is -4.11. The number of carbonyl (C=O) groups excluding carboxylic acids is 1. The number of carbonyl (C=O) groups is 1. The predicted octanol–water partition coefficient (Wildman–Crippen LogP) is 14.8. The van der Waals surface area contributed by atoms with Crippen molar-refractivity contribution >= 4 is 133 Å². The van der Waals surface area contributed by atoms with Crippen molar-refractivity contribution in [2.45, 2.75) is 27.7 Å². The van der Waals surface area contributed by atoms with Gasteiger partial charge in [-0.25, -0.2) is 0 Å². The number of rotatable bonds is 2. The Labute approximate surface area is 297 Å². The number of hydrogen-bond donors (Lipinski definition) is 0. The molecule has 234 valence electrons. The first kappa shape index (κ1) is 31.2. The first-order valence-corrected chi connectivity index (χ1v) is 17.2. The SMILES string of the molecule is C=C(C)c1cc(Cl)c2c3c(Cl)ccc4ccc(Cl)c(c5c(Cl)cc(C(C)=O)c1c25)c43.Cc1cc2ccc3cccc4ccc(c1C)c2c34. The first-order valence-electron chi connectivity index (χ1n) is 15.7. The minimum atomic E-state index is -0.0894. The average molecular weight is 703 g/mol. The maximum absolute atomic E-state index is 12.6.